The Bertz CT molecular complexity index is 513. The molecule has 0 bridgehead atoms. The average molecular weight is 309 g/mol. The molecule has 1 aliphatic heterocycles. The largest absolute Gasteiger partial charge is 0.382 e. The first-order chi connectivity index (χ1) is 10.2. The van der Waals surface area contributed by atoms with Gasteiger partial charge in [0.05, 0.1) is 0 Å². The molecule has 2 fully saturated rings. The van der Waals surface area contributed by atoms with Gasteiger partial charge in [-0.3, -0.25) is 9.69 Å². The fourth-order valence-corrected chi connectivity index (χ4v) is 3.60. The van der Waals surface area contributed by atoms with E-state index >= 15 is 0 Å². The smallest absolute Gasteiger partial charge is 0.258 e. The third-order valence-electron chi connectivity index (χ3n) is 4.26. The van der Waals surface area contributed by atoms with Crippen molar-refractivity contribution in [1.29, 1.82) is 0 Å². The van der Waals surface area contributed by atoms with E-state index in [2.05, 4.69) is 26.8 Å². The number of rotatable bonds is 6. The van der Waals surface area contributed by atoms with Gasteiger partial charge >= 0.3 is 0 Å². The van der Waals surface area contributed by atoms with E-state index in [0.29, 0.717) is 23.5 Å². The lowest BCUT2D eigenvalue weighted by molar-refractivity contribution is 0.0953. The van der Waals surface area contributed by atoms with Crippen molar-refractivity contribution in [2.24, 2.45) is 0 Å². The Balaban J connectivity index is 1.63. The molecule has 7 heteroatoms. The van der Waals surface area contributed by atoms with Gasteiger partial charge in [0.25, 0.3) is 5.91 Å². The maximum absolute atomic E-state index is 12.2. The van der Waals surface area contributed by atoms with Crippen molar-refractivity contribution in [3.63, 3.8) is 0 Å². The maximum Gasteiger partial charge on any atom is 0.258 e. The molecule has 1 aromatic rings. The second-order valence-corrected chi connectivity index (χ2v) is 6.60. The third kappa shape index (κ3) is 3.29. The van der Waals surface area contributed by atoms with Crippen LogP contribution >= 0.6 is 11.5 Å². The van der Waals surface area contributed by atoms with E-state index < -0.39 is 0 Å². The van der Waals surface area contributed by atoms with E-state index in [9.17, 15) is 4.79 Å². The minimum Gasteiger partial charge on any atom is -0.382 e. The van der Waals surface area contributed by atoms with Gasteiger partial charge in [-0.2, -0.15) is 4.37 Å². The van der Waals surface area contributed by atoms with Gasteiger partial charge in [0, 0.05) is 18.6 Å². The van der Waals surface area contributed by atoms with Crippen LogP contribution < -0.4 is 16.4 Å². The number of nitrogens with zero attached hydrogens (tertiary/aromatic N) is 2. The number of likely N-dealkylation sites (N-methyl/N-ethyl adjacent to an activating group) is 1. The monoisotopic (exact) mass is 309 g/mol. The van der Waals surface area contributed by atoms with E-state index in [1.54, 1.807) is 0 Å². The number of nitrogens with one attached hydrogen (secondary N) is 2. The van der Waals surface area contributed by atoms with Crippen LogP contribution in [0, 0.1) is 0 Å². The summed E-state index contributed by atoms with van der Waals surface area (Å²) < 4.78 is 4.13. The van der Waals surface area contributed by atoms with Crippen molar-refractivity contribution in [3.05, 3.63) is 5.56 Å². The van der Waals surface area contributed by atoms with Crippen LogP contribution in [0.1, 0.15) is 43.0 Å². The first kappa shape index (κ1) is 14.6. The summed E-state index contributed by atoms with van der Waals surface area (Å²) in [6.07, 6.45) is 4.60. The molecule has 1 aromatic heterocycles. The Morgan fingerprint density at radius 3 is 3.00 bits per heavy atom. The van der Waals surface area contributed by atoms with Gasteiger partial charge in [-0.05, 0) is 50.3 Å². The lowest BCUT2D eigenvalue weighted by atomic mass is 10.2. The lowest BCUT2D eigenvalue weighted by Gasteiger charge is -2.23. The van der Waals surface area contributed by atoms with Gasteiger partial charge < -0.3 is 16.4 Å². The summed E-state index contributed by atoms with van der Waals surface area (Å²) in [5.41, 5.74) is 6.38. The molecule has 0 radical (unpaired) electrons. The van der Waals surface area contributed by atoms with Gasteiger partial charge in [0.15, 0.2) is 5.82 Å². The van der Waals surface area contributed by atoms with E-state index in [4.69, 9.17) is 5.73 Å². The van der Waals surface area contributed by atoms with Crippen LogP contribution in [-0.2, 0) is 0 Å². The van der Waals surface area contributed by atoms with Crippen LogP contribution in [0.25, 0.3) is 0 Å². The van der Waals surface area contributed by atoms with Crippen LogP contribution in [0.15, 0.2) is 0 Å². The molecule has 0 aromatic carbocycles. The first-order valence-corrected chi connectivity index (χ1v) is 8.50. The molecule has 116 valence electrons. The quantitative estimate of drug-likeness (QED) is 0.742. The number of aromatic nitrogens is 1. The Kier molecular flexibility index (Phi) is 4.30. The molecule has 6 nitrogen and oxygen atoms in total. The number of hydrogen-bond donors (Lipinski definition) is 3. The predicted molar refractivity (Wildman–Crippen MR) is 85.8 cm³/mol. The van der Waals surface area contributed by atoms with Gasteiger partial charge in [0.1, 0.15) is 10.6 Å². The highest BCUT2D eigenvalue weighted by molar-refractivity contribution is 7.11. The fourth-order valence-electron chi connectivity index (χ4n) is 2.88. The number of anilines is 2. The molecule has 1 unspecified atom stereocenters. The Morgan fingerprint density at radius 2 is 2.29 bits per heavy atom. The van der Waals surface area contributed by atoms with Gasteiger partial charge in [-0.1, -0.05) is 6.92 Å². The van der Waals surface area contributed by atoms with E-state index in [-0.39, 0.29) is 5.91 Å². The van der Waals surface area contributed by atoms with Crippen LogP contribution in [0.5, 0.6) is 0 Å². The maximum atomic E-state index is 12.2. The minimum absolute atomic E-state index is 0.0926. The number of nitrogens with two attached hydrogens (primary N) is 1. The summed E-state index contributed by atoms with van der Waals surface area (Å²) in [6.45, 7) is 5.28. The molecular weight excluding hydrogens is 286 g/mol. The standard InChI is InChI=1S/C14H23N5OS/c1-2-19-7-3-4-10(19)8-16-14-11(12(15)18-21-14)13(20)17-9-5-6-9/h9-10,16H,2-8H2,1H3,(H2,15,18)(H,17,20). The highest BCUT2D eigenvalue weighted by Crippen LogP contribution is 2.29. The van der Waals surface area contributed by atoms with Crippen LogP contribution in [0.4, 0.5) is 10.8 Å². The summed E-state index contributed by atoms with van der Waals surface area (Å²) in [6, 6.07) is 0.868. The van der Waals surface area contributed by atoms with E-state index in [1.165, 1.54) is 30.9 Å². The number of nitrogen functional groups attached to an aromatic ring is 1. The molecule has 2 heterocycles. The lowest BCUT2D eigenvalue weighted by Crippen LogP contribution is -2.35. The van der Waals surface area contributed by atoms with Crippen molar-refractivity contribution in [2.45, 2.75) is 44.7 Å². The van der Waals surface area contributed by atoms with Crippen LogP contribution in [0.2, 0.25) is 0 Å². The normalized spacial score (nSPS) is 22.4. The number of amides is 1. The summed E-state index contributed by atoms with van der Waals surface area (Å²) in [7, 11) is 0. The summed E-state index contributed by atoms with van der Waals surface area (Å²) in [4.78, 5) is 14.7. The van der Waals surface area contributed by atoms with Gasteiger partial charge in [0.2, 0.25) is 0 Å². The average Bonchev–Trinajstić information content (AvgIpc) is 3.02. The highest BCUT2D eigenvalue weighted by Gasteiger charge is 2.28. The molecule has 4 N–H and O–H groups in total. The van der Waals surface area contributed by atoms with Gasteiger partial charge in [-0.15, -0.1) is 0 Å². The topological polar surface area (TPSA) is 83.3 Å². The Morgan fingerprint density at radius 1 is 1.48 bits per heavy atom. The van der Waals surface area contributed by atoms with Crippen molar-refractivity contribution < 1.29 is 4.79 Å². The van der Waals surface area contributed by atoms with E-state index in [0.717, 1.165) is 30.9 Å². The molecule has 1 atom stereocenters. The Labute approximate surface area is 129 Å². The second kappa shape index (κ2) is 6.19. The number of carbonyl (C=O) groups is 1. The van der Waals surface area contributed by atoms with Crippen LogP contribution in [-0.4, -0.2) is 46.9 Å². The molecule has 2 aliphatic rings. The number of carbonyl (C=O) groups excluding carboxylic acids is 1. The third-order valence-corrected chi connectivity index (χ3v) is 5.08. The summed E-state index contributed by atoms with van der Waals surface area (Å²) in [5.74, 6) is 0.240. The van der Waals surface area contributed by atoms with Crippen molar-refractivity contribution in [2.75, 3.05) is 30.7 Å². The second-order valence-electron chi connectivity index (χ2n) is 5.83. The zero-order valence-corrected chi connectivity index (χ0v) is 13.2. The van der Waals surface area contributed by atoms with Crippen molar-refractivity contribution in [1.82, 2.24) is 14.6 Å². The van der Waals surface area contributed by atoms with Crippen molar-refractivity contribution >= 4 is 28.3 Å². The molecule has 1 saturated heterocycles. The zero-order chi connectivity index (χ0) is 14.8. The Hall–Kier alpha value is -1.34. The molecule has 1 saturated carbocycles. The molecule has 21 heavy (non-hydrogen) atoms. The number of hydrogen-bond acceptors (Lipinski definition) is 6. The minimum atomic E-state index is -0.0926. The molecular formula is C14H23N5OS. The number of likely N-dealkylation sites (tertiary alicyclic amines) is 1. The molecule has 1 aliphatic carbocycles. The SMILES string of the molecule is CCN1CCCC1CNc1snc(N)c1C(=O)NC1CC1. The summed E-state index contributed by atoms with van der Waals surface area (Å²) in [5, 5.41) is 7.17. The van der Waals surface area contributed by atoms with Crippen LogP contribution in [0.3, 0.4) is 0 Å². The predicted octanol–water partition coefficient (Wildman–Crippen LogP) is 1.51. The fraction of sp³-hybridized carbons (Fsp3) is 0.714. The summed E-state index contributed by atoms with van der Waals surface area (Å²) >= 11 is 1.28. The van der Waals surface area contributed by atoms with Crippen molar-refractivity contribution in [3.8, 4) is 0 Å². The first-order valence-electron chi connectivity index (χ1n) is 7.73. The van der Waals surface area contributed by atoms with Gasteiger partial charge in [-0.25, -0.2) is 0 Å². The molecule has 1 amide bonds. The molecule has 3 rings (SSSR count). The zero-order valence-electron chi connectivity index (χ0n) is 12.4. The molecule has 0 spiro atoms. The van der Waals surface area contributed by atoms with E-state index in [1.807, 2.05) is 0 Å². The highest BCUT2D eigenvalue weighted by atomic mass is 32.1.